The number of pyridine rings is 1. The molecule has 0 fully saturated rings. The number of rotatable bonds is 1. The van der Waals surface area contributed by atoms with Crippen LogP contribution in [0.2, 0.25) is 0 Å². The lowest BCUT2D eigenvalue weighted by atomic mass is 10.2. The monoisotopic (exact) mass is 228 g/mol. The van der Waals surface area contributed by atoms with Gasteiger partial charge in [0.25, 0.3) is 0 Å². The highest BCUT2D eigenvalue weighted by molar-refractivity contribution is 5.57. The van der Waals surface area contributed by atoms with Gasteiger partial charge in [-0.3, -0.25) is 0 Å². The Hall–Kier alpha value is -1.49. The molecule has 86 valence electrons. The van der Waals surface area contributed by atoms with Crippen molar-refractivity contribution in [1.82, 2.24) is 4.40 Å². The first kappa shape index (κ1) is 11.0. The summed E-state index contributed by atoms with van der Waals surface area (Å²) in [5, 5.41) is 0. The third-order valence-electron chi connectivity index (χ3n) is 2.58. The molecule has 0 spiro atoms. The summed E-state index contributed by atoms with van der Waals surface area (Å²) in [5.74, 6) is 0. The molecular formula is C11H11F3N2. The maximum Gasteiger partial charge on any atom is 0.409 e. The Labute approximate surface area is 90.5 Å². The van der Waals surface area contributed by atoms with E-state index in [-0.39, 0.29) is 5.69 Å². The van der Waals surface area contributed by atoms with E-state index in [0.29, 0.717) is 0 Å². The molecule has 0 aliphatic carbocycles. The summed E-state index contributed by atoms with van der Waals surface area (Å²) in [6, 6.07) is 4.76. The standard InChI is InChI=1S/C11H11F3N2/c1-7-6-9(10(15)11(12,13)14)16-5-3-2-4-8(7)16/h2-6,10H,15H2,1H3. The average molecular weight is 228 g/mol. The Bertz CT molecular complexity index is 513. The molecule has 0 bridgehead atoms. The molecule has 2 N–H and O–H groups in total. The summed E-state index contributed by atoms with van der Waals surface area (Å²) < 4.78 is 39.1. The Morgan fingerprint density at radius 1 is 1.31 bits per heavy atom. The lowest BCUT2D eigenvalue weighted by molar-refractivity contribution is -0.150. The van der Waals surface area contributed by atoms with Crippen molar-refractivity contribution < 1.29 is 13.2 Å². The molecule has 16 heavy (non-hydrogen) atoms. The van der Waals surface area contributed by atoms with E-state index in [0.717, 1.165) is 11.1 Å². The molecule has 0 saturated carbocycles. The minimum absolute atomic E-state index is 0.0700. The van der Waals surface area contributed by atoms with E-state index in [4.69, 9.17) is 5.73 Å². The van der Waals surface area contributed by atoms with E-state index >= 15 is 0 Å². The summed E-state index contributed by atoms with van der Waals surface area (Å²) >= 11 is 0. The molecule has 0 aromatic carbocycles. The third-order valence-corrected chi connectivity index (χ3v) is 2.58. The number of nitrogens with two attached hydrogens (primary N) is 1. The van der Waals surface area contributed by atoms with Crippen molar-refractivity contribution in [3.05, 3.63) is 41.7 Å². The summed E-state index contributed by atoms with van der Waals surface area (Å²) in [5.41, 5.74) is 6.81. The number of hydrogen-bond donors (Lipinski definition) is 1. The van der Waals surface area contributed by atoms with Gasteiger partial charge in [-0.05, 0) is 30.7 Å². The van der Waals surface area contributed by atoms with Gasteiger partial charge in [0.2, 0.25) is 0 Å². The fourth-order valence-corrected chi connectivity index (χ4v) is 1.76. The minimum Gasteiger partial charge on any atom is -0.319 e. The van der Waals surface area contributed by atoms with E-state index in [1.165, 1.54) is 10.5 Å². The van der Waals surface area contributed by atoms with Gasteiger partial charge < -0.3 is 10.1 Å². The van der Waals surface area contributed by atoms with Crippen molar-refractivity contribution >= 4 is 5.52 Å². The molecule has 0 radical (unpaired) electrons. The fourth-order valence-electron chi connectivity index (χ4n) is 1.76. The Balaban J connectivity index is 2.62. The predicted molar refractivity (Wildman–Crippen MR) is 55.1 cm³/mol. The molecule has 0 saturated heterocycles. The van der Waals surface area contributed by atoms with Crippen LogP contribution in [0.3, 0.4) is 0 Å². The smallest absolute Gasteiger partial charge is 0.319 e. The van der Waals surface area contributed by atoms with Crippen LogP contribution in [0.15, 0.2) is 30.5 Å². The summed E-state index contributed by atoms with van der Waals surface area (Å²) in [4.78, 5) is 0. The Morgan fingerprint density at radius 3 is 2.62 bits per heavy atom. The molecule has 2 rings (SSSR count). The highest BCUT2D eigenvalue weighted by Crippen LogP contribution is 2.32. The van der Waals surface area contributed by atoms with Gasteiger partial charge >= 0.3 is 6.18 Å². The second-order valence-corrected chi connectivity index (χ2v) is 3.73. The van der Waals surface area contributed by atoms with Crippen molar-refractivity contribution in [2.45, 2.75) is 19.1 Å². The van der Waals surface area contributed by atoms with Gasteiger partial charge in [-0.25, -0.2) is 0 Å². The molecule has 1 atom stereocenters. The molecule has 0 amide bonds. The van der Waals surface area contributed by atoms with E-state index in [2.05, 4.69) is 0 Å². The van der Waals surface area contributed by atoms with E-state index in [1.54, 1.807) is 31.3 Å². The number of hydrogen-bond acceptors (Lipinski definition) is 1. The van der Waals surface area contributed by atoms with Crippen LogP contribution in [0.1, 0.15) is 17.3 Å². The normalized spacial score (nSPS) is 14.3. The van der Waals surface area contributed by atoms with Crippen LogP contribution in [0, 0.1) is 6.92 Å². The average Bonchev–Trinajstić information content (AvgIpc) is 2.55. The van der Waals surface area contributed by atoms with Crippen LogP contribution >= 0.6 is 0 Å². The number of alkyl halides is 3. The van der Waals surface area contributed by atoms with Crippen molar-refractivity contribution in [2.24, 2.45) is 5.73 Å². The molecule has 5 heteroatoms. The van der Waals surface area contributed by atoms with Gasteiger partial charge in [-0.2, -0.15) is 13.2 Å². The first-order valence-corrected chi connectivity index (χ1v) is 4.80. The minimum atomic E-state index is -4.42. The van der Waals surface area contributed by atoms with Crippen molar-refractivity contribution in [3.63, 3.8) is 0 Å². The predicted octanol–water partition coefficient (Wildman–Crippen LogP) is 2.81. The highest BCUT2D eigenvalue weighted by atomic mass is 19.4. The number of nitrogens with zero attached hydrogens (tertiary/aromatic N) is 1. The van der Waals surface area contributed by atoms with Crippen molar-refractivity contribution in [2.75, 3.05) is 0 Å². The maximum atomic E-state index is 12.5. The van der Waals surface area contributed by atoms with Crippen LogP contribution in [-0.2, 0) is 0 Å². The zero-order valence-corrected chi connectivity index (χ0v) is 8.62. The first-order chi connectivity index (χ1) is 7.41. The second kappa shape index (κ2) is 3.52. The lowest BCUT2D eigenvalue weighted by Crippen LogP contribution is -2.29. The molecule has 2 aromatic rings. The van der Waals surface area contributed by atoms with Crippen molar-refractivity contribution in [1.29, 1.82) is 0 Å². The molecule has 1 unspecified atom stereocenters. The zero-order chi connectivity index (χ0) is 11.9. The van der Waals surface area contributed by atoms with Gasteiger partial charge in [0.15, 0.2) is 0 Å². The number of aromatic nitrogens is 1. The van der Waals surface area contributed by atoms with Crippen LogP contribution < -0.4 is 5.73 Å². The van der Waals surface area contributed by atoms with E-state index in [9.17, 15) is 13.2 Å². The SMILES string of the molecule is Cc1cc(C(N)C(F)(F)F)n2ccccc12. The van der Waals surface area contributed by atoms with E-state index < -0.39 is 12.2 Å². The summed E-state index contributed by atoms with van der Waals surface area (Å²) in [6.07, 6.45) is -2.83. The quantitative estimate of drug-likeness (QED) is 0.799. The number of fused-ring (bicyclic) bond motifs is 1. The van der Waals surface area contributed by atoms with Gasteiger partial charge in [0.05, 0.1) is 0 Å². The fraction of sp³-hybridized carbons (Fsp3) is 0.273. The molecule has 0 aliphatic heterocycles. The Morgan fingerprint density at radius 2 is 2.00 bits per heavy atom. The number of aryl methyl sites for hydroxylation is 1. The van der Waals surface area contributed by atoms with Gasteiger partial charge in [0, 0.05) is 17.4 Å². The maximum absolute atomic E-state index is 12.5. The first-order valence-electron chi connectivity index (χ1n) is 4.80. The molecular weight excluding hydrogens is 217 g/mol. The van der Waals surface area contributed by atoms with Crippen molar-refractivity contribution in [3.8, 4) is 0 Å². The third kappa shape index (κ3) is 1.67. The van der Waals surface area contributed by atoms with Gasteiger partial charge in [-0.15, -0.1) is 0 Å². The Kier molecular flexibility index (Phi) is 2.42. The lowest BCUT2D eigenvalue weighted by Gasteiger charge is -2.15. The molecule has 2 heterocycles. The summed E-state index contributed by atoms with van der Waals surface area (Å²) in [7, 11) is 0. The van der Waals surface area contributed by atoms with Gasteiger partial charge in [-0.1, -0.05) is 6.07 Å². The topological polar surface area (TPSA) is 30.4 Å². The van der Waals surface area contributed by atoms with Crippen LogP contribution in [-0.4, -0.2) is 10.6 Å². The molecule has 0 aliphatic rings. The van der Waals surface area contributed by atoms with Crippen LogP contribution in [0.4, 0.5) is 13.2 Å². The molecule has 2 nitrogen and oxygen atoms in total. The van der Waals surface area contributed by atoms with E-state index in [1.807, 2.05) is 0 Å². The molecule has 2 aromatic heterocycles. The van der Waals surface area contributed by atoms with Crippen LogP contribution in [0.25, 0.3) is 5.52 Å². The largest absolute Gasteiger partial charge is 0.409 e. The second-order valence-electron chi connectivity index (χ2n) is 3.73. The highest BCUT2D eigenvalue weighted by Gasteiger charge is 2.39. The number of halogens is 3. The summed E-state index contributed by atoms with van der Waals surface area (Å²) in [6.45, 7) is 1.77. The zero-order valence-electron chi connectivity index (χ0n) is 8.62. The van der Waals surface area contributed by atoms with Crippen LogP contribution in [0.5, 0.6) is 0 Å². The van der Waals surface area contributed by atoms with Gasteiger partial charge in [0.1, 0.15) is 6.04 Å².